The molecule has 2 aromatic rings. The Morgan fingerprint density at radius 1 is 0.926 bits per heavy atom. The van der Waals surface area contributed by atoms with Crippen LogP contribution in [0.4, 0.5) is 4.79 Å². The van der Waals surface area contributed by atoms with Crippen molar-refractivity contribution in [2.75, 3.05) is 26.2 Å². The van der Waals surface area contributed by atoms with Crippen molar-refractivity contribution in [3.63, 3.8) is 0 Å². The van der Waals surface area contributed by atoms with Crippen LogP contribution in [-0.4, -0.2) is 47.9 Å². The Balaban J connectivity index is 1.52. The third kappa shape index (κ3) is 5.23. The van der Waals surface area contributed by atoms with Gasteiger partial charge < -0.3 is 15.1 Å². The molecule has 0 bridgehead atoms. The number of carbonyl (C=O) groups excluding carboxylic acids is 2. The summed E-state index contributed by atoms with van der Waals surface area (Å²) in [4.78, 5) is 28.7. The number of amides is 3. The monoisotopic (exact) mass is 385 g/mol. The van der Waals surface area contributed by atoms with Crippen molar-refractivity contribution in [1.29, 1.82) is 0 Å². The number of aryl methyl sites for hydroxylation is 1. The molecule has 1 saturated heterocycles. The third-order valence-corrected chi connectivity index (χ3v) is 4.98. The maximum Gasteiger partial charge on any atom is 0.317 e. The molecule has 0 saturated carbocycles. The van der Waals surface area contributed by atoms with Gasteiger partial charge in [-0.1, -0.05) is 41.4 Å². The SMILES string of the molecule is Cc1ccc(CNC(=O)N2CCCN(C(=O)c3ccc(Cl)cc3)CC2)cc1. The summed E-state index contributed by atoms with van der Waals surface area (Å²) < 4.78 is 0. The summed E-state index contributed by atoms with van der Waals surface area (Å²) >= 11 is 5.89. The predicted octanol–water partition coefficient (Wildman–Crippen LogP) is 3.71. The molecule has 3 amide bonds. The van der Waals surface area contributed by atoms with Gasteiger partial charge in [0.2, 0.25) is 0 Å². The highest BCUT2D eigenvalue weighted by Gasteiger charge is 2.22. The molecule has 0 aliphatic carbocycles. The Morgan fingerprint density at radius 3 is 2.26 bits per heavy atom. The molecule has 0 spiro atoms. The first kappa shape index (κ1) is 19.2. The van der Waals surface area contributed by atoms with Crippen LogP contribution in [0.3, 0.4) is 0 Å². The molecule has 0 radical (unpaired) electrons. The van der Waals surface area contributed by atoms with Gasteiger partial charge >= 0.3 is 6.03 Å². The molecule has 1 fully saturated rings. The van der Waals surface area contributed by atoms with E-state index in [1.54, 1.807) is 34.1 Å². The van der Waals surface area contributed by atoms with Crippen LogP contribution >= 0.6 is 11.6 Å². The normalized spacial score (nSPS) is 14.6. The number of urea groups is 1. The van der Waals surface area contributed by atoms with E-state index < -0.39 is 0 Å². The second-order valence-electron chi connectivity index (χ2n) is 6.78. The lowest BCUT2D eigenvalue weighted by atomic mass is 10.1. The third-order valence-electron chi connectivity index (χ3n) is 4.73. The van der Waals surface area contributed by atoms with E-state index in [1.807, 2.05) is 31.2 Å². The minimum Gasteiger partial charge on any atom is -0.337 e. The summed E-state index contributed by atoms with van der Waals surface area (Å²) in [6.45, 7) is 4.88. The number of hydrogen-bond acceptors (Lipinski definition) is 2. The van der Waals surface area contributed by atoms with Gasteiger partial charge in [-0.2, -0.15) is 0 Å². The summed E-state index contributed by atoms with van der Waals surface area (Å²) in [5.41, 5.74) is 2.89. The summed E-state index contributed by atoms with van der Waals surface area (Å²) in [5.74, 6) is -0.0198. The molecular weight excluding hydrogens is 362 g/mol. The number of rotatable bonds is 3. The van der Waals surface area contributed by atoms with E-state index in [0.29, 0.717) is 43.3 Å². The number of halogens is 1. The number of nitrogens with one attached hydrogen (secondary N) is 1. The van der Waals surface area contributed by atoms with Crippen molar-refractivity contribution in [2.45, 2.75) is 19.9 Å². The molecule has 1 aliphatic heterocycles. The summed E-state index contributed by atoms with van der Waals surface area (Å²) in [6.07, 6.45) is 0.761. The standard InChI is InChI=1S/C21H24ClN3O2/c1-16-3-5-17(6-4-16)15-23-21(27)25-12-2-11-24(13-14-25)20(26)18-7-9-19(22)10-8-18/h3-10H,2,11-15H2,1H3,(H,23,27). The average molecular weight is 386 g/mol. The van der Waals surface area contributed by atoms with Crippen LogP contribution in [0.1, 0.15) is 27.9 Å². The van der Waals surface area contributed by atoms with E-state index in [0.717, 1.165) is 12.0 Å². The zero-order chi connectivity index (χ0) is 19.2. The van der Waals surface area contributed by atoms with Gasteiger partial charge in [0.1, 0.15) is 0 Å². The van der Waals surface area contributed by atoms with Crippen molar-refractivity contribution < 1.29 is 9.59 Å². The molecule has 0 aromatic heterocycles. The van der Waals surface area contributed by atoms with Gasteiger partial charge in [0.25, 0.3) is 5.91 Å². The first-order valence-electron chi connectivity index (χ1n) is 9.16. The Hall–Kier alpha value is -2.53. The van der Waals surface area contributed by atoms with Crippen molar-refractivity contribution in [3.05, 3.63) is 70.2 Å². The zero-order valence-electron chi connectivity index (χ0n) is 15.5. The molecular formula is C21H24ClN3O2. The van der Waals surface area contributed by atoms with Crippen LogP contribution in [0.5, 0.6) is 0 Å². The van der Waals surface area contributed by atoms with Gasteiger partial charge in [-0.25, -0.2) is 4.79 Å². The van der Waals surface area contributed by atoms with E-state index in [2.05, 4.69) is 5.32 Å². The van der Waals surface area contributed by atoms with Gasteiger partial charge in [0.15, 0.2) is 0 Å². The highest BCUT2D eigenvalue weighted by molar-refractivity contribution is 6.30. The van der Waals surface area contributed by atoms with E-state index >= 15 is 0 Å². The van der Waals surface area contributed by atoms with E-state index in [-0.39, 0.29) is 11.9 Å². The molecule has 142 valence electrons. The molecule has 27 heavy (non-hydrogen) atoms. The van der Waals surface area contributed by atoms with Gasteiger partial charge in [-0.05, 0) is 43.2 Å². The van der Waals surface area contributed by atoms with Crippen LogP contribution in [0.2, 0.25) is 5.02 Å². The molecule has 1 aliphatic rings. The minimum absolute atomic E-state index is 0.0198. The number of carbonyl (C=O) groups is 2. The van der Waals surface area contributed by atoms with Crippen molar-refractivity contribution in [1.82, 2.24) is 15.1 Å². The first-order chi connectivity index (χ1) is 13.0. The lowest BCUT2D eigenvalue weighted by Crippen LogP contribution is -2.42. The fraction of sp³-hybridized carbons (Fsp3) is 0.333. The predicted molar refractivity (Wildman–Crippen MR) is 107 cm³/mol. The van der Waals surface area contributed by atoms with Crippen LogP contribution < -0.4 is 5.32 Å². The largest absolute Gasteiger partial charge is 0.337 e. The highest BCUT2D eigenvalue weighted by Crippen LogP contribution is 2.13. The molecule has 5 nitrogen and oxygen atoms in total. The van der Waals surface area contributed by atoms with Crippen LogP contribution in [-0.2, 0) is 6.54 Å². The summed E-state index contributed by atoms with van der Waals surface area (Å²) in [6, 6.07) is 14.9. The molecule has 1 heterocycles. The second kappa shape index (κ2) is 8.91. The summed E-state index contributed by atoms with van der Waals surface area (Å²) in [5, 5.41) is 3.58. The zero-order valence-corrected chi connectivity index (χ0v) is 16.2. The fourth-order valence-corrected chi connectivity index (χ4v) is 3.22. The van der Waals surface area contributed by atoms with Crippen LogP contribution in [0.15, 0.2) is 48.5 Å². The quantitative estimate of drug-likeness (QED) is 0.875. The summed E-state index contributed by atoms with van der Waals surface area (Å²) in [7, 11) is 0. The van der Waals surface area contributed by atoms with Gasteiger partial charge in [0, 0.05) is 43.3 Å². The maximum atomic E-state index is 12.6. The smallest absolute Gasteiger partial charge is 0.317 e. The molecule has 0 unspecified atom stereocenters. The molecule has 1 N–H and O–H groups in total. The van der Waals surface area contributed by atoms with Crippen LogP contribution in [0, 0.1) is 6.92 Å². The lowest BCUT2D eigenvalue weighted by Gasteiger charge is -2.22. The first-order valence-corrected chi connectivity index (χ1v) is 9.54. The Kier molecular flexibility index (Phi) is 6.35. The molecule has 6 heteroatoms. The van der Waals surface area contributed by atoms with Gasteiger partial charge in [-0.3, -0.25) is 4.79 Å². The van der Waals surface area contributed by atoms with E-state index in [4.69, 9.17) is 11.6 Å². The van der Waals surface area contributed by atoms with Gasteiger partial charge in [-0.15, -0.1) is 0 Å². The number of hydrogen-bond donors (Lipinski definition) is 1. The Labute approximate surface area is 164 Å². The van der Waals surface area contributed by atoms with Crippen LogP contribution in [0.25, 0.3) is 0 Å². The Bertz CT molecular complexity index is 790. The number of benzene rings is 2. The van der Waals surface area contributed by atoms with Crippen molar-refractivity contribution in [3.8, 4) is 0 Å². The molecule has 0 atom stereocenters. The van der Waals surface area contributed by atoms with E-state index in [9.17, 15) is 9.59 Å². The van der Waals surface area contributed by atoms with E-state index in [1.165, 1.54) is 5.56 Å². The lowest BCUT2D eigenvalue weighted by molar-refractivity contribution is 0.0762. The van der Waals surface area contributed by atoms with Crippen molar-refractivity contribution >= 4 is 23.5 Å². The number of nitrogens with zero attached hydrogens (tertiary/aromatic N) is 2. The Morgan fingerprint density at radius 2 is 1.56 bits per heavy atom. The topological polar surface area (TPSA) is 52.7 Å². The molecule has 2 aromatic carbocycles. The maximum absolute atomic E-state index is 12.6. The highest BCUT2D eigenvalue weighted by atomic mass is 35.5. The van der Waals surface area contributed by atoms with Gasteiger partial charge in [0.05, 0.1) is 0 Å². The second-order valence-corrected chi connectivity index (χ2v) is 7.22. The van der Waals surface area contributed by atoms with Crippen molar-refractivity contribution in [2.24, 2.45) is 0 Å². The average Bonchev–Trinajstić information content (AvgIpc) is 2.94. The molecule has 3 rings (SSSR count). The fourth-order valence-electron chi connectivity index (χ4n) is 3.09. The minimum atomic E-state index is -0.0867.